The van der Waals surface area contributed by atoms with Gasteiger partial charge in [0.25, 0.3) is 5.91 Å². The summed E-state index contributed by atoms with van der Waals surface area (Å²) < 4.78 is 4.96. The third kappa shape index (κ3) is 2.58. The number of rotatable bonds is 4. The van der Waals surface area contributed by atoms with Gasteiger partial charge in [0.05, 0.1) is 13.7 Å². The van der Waals surface area contributed by atoms with E-state index in [1.165, 1.54) is 7.11 Å². The Hall–Kier alpha value is -1.84. The van der Waals surface area contributed by atoms with E-state index < -0.39 is 0 Å². The molecule has 0 aliphatic carbocycles. The number of benzene rings is 1. The Morgan fingerprint density at radius 1 is 1.57 bits per heavy atom. The molecular weight excluding hydrogens is 182 g/mol. The standard InChI is InChI=1S/C10H11NO3/c1-14-9-4-2-3-8(7-9)10(13)11-5-6-12/h2-4,6-7H,5H2,1H3,(H,11,13). The third-order valence-corrected chi connectivity index (χ3v) is 1.68. The lowest BCUT2D eigenvalue weighted by molar-refractivity contribution is -0.107. The summed E-state index contributed by atoms with van der Waals surface area (Å²) in [6.07, 6.45) is 0.637. The number of amides is 1. The summed E-state index contributed by atoms with van der Waals surface area (Å²) in [6.45, 7) is 0.0239. The summed E-state index contributed by atoms with van der Waals surface area (Å²) in [4.78, 5) is 21.4. The lowest BCUT2D eigenvalue weighted by Crippen LogP contribution is -2.24. The van der Waals surface area contributed by atoms with Crippen molar-refractivity contribution in [1.82, 2.24) is 5.32 Å². The zero-order chi connectivity index (χ0) is 10.4. The van der Waals surface area contributed by atoms with Gasteiger partial charge in [0.1, 0.15) is 12.0 Å². The van der Waals surface area contributed by atoms with Gasteiger partial charge in [0.2, 0.25) is 0 Å². The Labute approximate surface area is 81.9 Å². The zero-order valence-corrected chi connectivity index (χ0v) is 7.82. The van der Waals surface area contributed by atoms with Gasteiger partial charge in [-0.15, -0.1) is 0 Å². The van der Waals surface area contributed by atoms with E-state index in [1.54, 1.807) is 24.3 Å². The van der Waals surface area contributed by atoms with Crippen molar-refractivity contribution in [3.05, 3.63) is 29.8 Å². The van der Waals surface area contributed by atoms with E-state index in [0.29, 0.717) is 17.6 Å². The van der Waals surface area contributed by atoms with Gasteiger partial charge in [-0.3, -0.25) is 4.79 Å². The fourth-order valence-electron chi connectivity index (χ4n) is 1.00. The molecule has 0 aromatic heterocycles. The number of aldehydes is 1. The zero-order valence-electron chi connectivity index (χ0n) is 7.82. The molecular formula is C10H11NO3. The van der Waals surface area contributed by atoms with Gasteiger partial charge in [-0.2, -0.15) is 0 Å². The van der Waals surface area contributed by atoms with Gasteiger partial charge >= 0.3 is 0 Å². The molecule has 0 heterocycles. The molecule has 4 nitrogen and oxygen atoms in total. The molecule has 4 heteroatoms. The molecule has 1 aromatic rings. The van der Waals surface area contributed by atoms with E-state index in [-0.39, 0.29) is 12.5 Å². The number of nitrogens with one attached hydrogen (secondary N) is 1. The van der Waals surface area contributed by atoms with Crippen molar-refractivity contribution in [2.75, 3.05) is 13.7 Å². The van der Waals surface area contributed by atoms with Crippen molar-refractivity contribution in [1.29, 1.82) is 0 Å². The van der Waals surface area contributed by atoms with Crippen LogP contribution in [0.25, 0.3) is 0 Å². The number of ether oxygens (including phenoxy) is 1. The minimum Gasteiger partial charge on any atom is -0.497 e. The first-order valence-corrected chi connectivity index (χ1v) is 4.14. The minimum atomic E-state index is -0.281. The number of carbonyl (C=O) groups is 2. The molecule has 1 amide bonds. The van der Waals surface area contributed by atoms with E-state index in [2.05, 4.69) is 5.32 Å². The van der Waals surface area contributed by atoms with Crippen LogP contribution in [0.15, 0.2) is 24.3 Å². The first-order chi connectivity index (χ1) is 6.77. The molecule has 0 aliphatic heterocycles. The van der Waals surface area contributed by atoms with Crippen molar-refractivity contribution < 1.29 is 14.3 Å². The molecule has 0 fully saturated rings. The van der Waals surface area contributed by atoms with Gasteiger partial charge in [-0.05, 0) is 18.2 Å². The summed E-state index contributed by atoms with van der Waals surface area (Å²) in [5.41, 5.74) is 0.478. The molecule has 0 spiro atoms. The van der Waals surface area contributed by atoms with Crippen LogP contribution in [0.4, 0.5) is 0 Å². The van der Waals surface area contributed by atoms with Crippen LogP contribution in [0.5, 0.6) is 5.75 Å². The van der Waals surface area contributed by atoms with Crippen molar-refractivity contribution in [2.45, 2.75) is 0 Å². The number of methoxy groups -OCH3 is 1. The summed E-state index contributed by atoms with van der Waals surface area (Å²) in [5, 5.41) is 2.44. The molecule has 0 bridgehead atoms. The third-order valence-electron chi connectivity index (χ3n) is 1.68. The number of carbonyl (C=O) groups excluding carboxylic acids is 2. The molecule has 74 valence electrons. The molecule has 14 heavy (non-hydrogen) atoms. The van der Waals surface area contributed by atoms with Gasteiger partial charge in [-0.25, -0.2) is 0 Å². The SMILES string of the molecule is COc1cccc(C(=O)NCC=O)c1. The van der Waals surface area contributed by atoms with Crippen LogP contribution in [-0.2, 0) is 4.79 Å². The molecule has 0 atom stereocenters. The van der Waals surface area contributed by atoms with Gasteiger partial charge in [0.15, 0.2) is 0 Å². The predicted octanol–water partition coefficient (Wildman–Crippen LogP) is 0.624. The fraction of sp³-hybridized carbons (Fsp3) is 0.200. The molecule has 1 N–H and O–H groups in total. The summed E-state index contributed by atoms with van der Waals surface area (Å²) in [7, 11) is 1.53. The number of hydrogen-bond acceptors (Lipinski definition) is 3. The van der Waals surface area contributed by atoms with Gasteiger partial charge in [-0.1, -0.05) is 6.07 Å². The molecule has 0 radical (unpaired) electrons. The summed E-state index contributed by atoms with van der Waals surface area (Å²) in [5.74, 6) is 0.333. The van der Waals surface area contributed by atoms with Crippen molar-refractivity contribution >= 4 is 12.2 Å². The Morgan fingerprint density at radius 3 is 3.00 bits per heavy atom. The van der Waals surface area contributed by atoms with Crippen molar-refractivity contribution in [2.24, 2.45) is 0 Å². The van der Waals surface area contributed by atoms with Crippen LogP contribution < -0.4 is 10.1 Å². The van der Waals surface area contributed by atoms with E-state index in [4.69, 9.17) is 4.74 Å². The van der Waals surface area contributed by atoms with Crippen molar-refractivity contribution in [3.63, 3.8) is 0 Å². The Balaban J connectivity index is 2.73. The average Bonchev–Trinajstić information content (AvgIpc) is 2.26. The first-order valence-electron chi connectivity index (χ1n) is 4.14. The molecule has 0 saturated heterocycles. The Bertz CT molecular complexity index is 336. The second-order valence-corrected chi connectivity index (χ2v) is 2.61. The monoisotopic (exact) mass is 193 g/mol. The van der Waals surface area contributed by atoms with E-state index in [9.17, 15) is 9.59 Å². The maximum atomic E-state index is 11.3. The molecule has 1 aromatic carbocycles. The van der Waals surface area contributed by atoms with Gasteiger partial charge < -0.3 is 14.8 Å². The smallest absolute Gasteiger partial charge is 0.251 e. The van der Waals surface area contributed by atoms with Crippen molar-refractivity contribution in [3.8, 4) is 5.75 Å². The molecule has 0 aliphatic rings. The molecule has 0 unspecified atom stereocenters. The highest BCUT2D eigenvalue weighted by atomic mass is 16.5. The van der Waals surface area contributed by atoms with Crippen LogP contribution in [0.1, 0.15) is 10.4 Å². The second-order valence-electron chi connectivity index (χ2n) is 2.61. The lowest BCUT2D eigenvalue weighted by Gasteiger charge is -2.03. The topological polar surface area (TPSA) is 55.4 Å². The van der Waals surface area contributed by atoms with E-state index in [0.717, 1.165) is 0 Å². The highest BCUT2D eigenvalue weighted by Crippen LogP contribution is 2.11. The fourth-order valence-corrected chi connectivity index (χ4v) is 1.00. The van der Waals surface area contributed by atoms with Crippen LogP contribution in [0.2, 0.25) is 0 Å². The quantitative estimate of drug-likeness (QED) is 0.713. The maximum absolute atomic E-state index is 11.3. The Morgan fingerprint density at radius 2 is 2.36 bits per heavy atom. The van der Waals surface area contributed by atoms with Gasteiger partial charge in [0, 0.05) is 5.56 Å². The van der Waals surface area contributed by atoms with E-state index in [1.807, 2.05) is 0 Å². The second kappa shape index (κ2) is 5.01. The van der Waals surface area contributed by atoms with E-state index >= 15 is 0 Å². The first kappa shape index (κ1) is 10.2. The highest BCUT2D eigenvalue weighted by Gasteiger charge is 2.04. The average molecular weight is 193 g/mol. The normalized spacial score (nSPS) is 9.21. The largest absolute Gasteiger partial charge is 0.497 e. The molecule has 0 saturated carbocycles. The van der Waals surface area contributed by atoms with Crippen LogP contribution in [0.3, 0.4) is 0 Å². The Kier molecular flexibility index (Phi) is 3.67. The van der Waals surface area contributed by atoms with Crippen LogP contribution >= 0.6 is 0 Å². The summed E-state index contributed by atoms with van der Waals surface area (Å²) >= 11 is 0. The molecule has 1 rings (SSSR count). The predicted molar refractivity (Wildman–Crippen MR) is 51.4 cm³/mol. The summed E-state index contributed by atoms with van der Waals surface area (Å²) in [6, 6.07) is 6.73. The highest BCUT2D eigenvalue weighted by molar-refractivity contribution is 5.95. The number of hydrogen-bond donors (Lipinski definition) is 1. The van der Waals surface area contributed by atoms with Crippen LogP contribution in [-0.4, -0.2) is 25.8 Å². The van der Waals surface area contributed by atoms with Crippen LogP contribution in [0, 0.1) is 0 Å². The minimum absolute atomic E-state index is 0.0239. The maximum Gasteiger partial charge on any atom is 0.251 e. The lowest BCUT2D eigenvalue weighted by atomic mass is 10.2.